The summed E-state index contributed by atoms with van der Waals surface area (Å²) >= 11 is 0. The van der Waals surface area contributed by atoms with Crippen molar-refractivity contribution in [3.05, 3.63) is 17.5 Å². The number of amidine groups is 1. The van der Waals surface area contributed by atoms with Crippen LogP contribution in [0.5, 0.6) is 6.01 Å². The van der Waals surface area contributed by atoms with Gasteiger partial charge in [0, 0.05) is 5.69 Å². The molecule has 6 nitrogen and oxygen atoms in total. The standard InChI is InChI=1S/C12H18N4O2/c1-8-7-10(11(13)16-17)15-12(14-8)18-6-5-9-3-2-4-9/h7,9,17H,2-6H2,1H3,(H2,13,16). The first-order valence-electron chi connectivity index (χ1n) is 6.15. The van der Waals surface area contributed by atoms with Crippen molar-refractivity contribution >= 4 is 5.84 Å². The molecule has 0 unspecified atom stereocenters. The lowest BCUT2D eigenvalue weighted by Crippen LogP contribution is -2.18. The number of nitrogens with two attached hydrogens (primary N) is 1. The molecular weight excluding hydrogens is 232 g/mol. The van der Waals surface area contributed by atoms with Gasteiger partial charge in [-0.2, -0.15) is 4.98 Å². The summed E-state index contributed by atoms with van der Waals surface area (Å²) in [5, 5.41) is 11.5. The van der Waals surface area contributed by atoms with E-state index in [1.165, 1.54) is 19.3 Å². The summed E-state index contributed by atoms with van der Waals surface area (Å²) in [7, 11) is 0. The number of aryl methyl sites for hydroxylation is 1. The Labute approximate surface area is 106 Å². The highest BCUT2D eigenvalue weighted by Gasteiger charge is 2.17. The minimum atomic E-state index is -0.0376. The molecule has 98 valence electrons. The van der Waals surface area contributed by atoms with Crippen LogP contribution < -0.4 is 10.5 Å². The summed E-state index contributed by atoms with van der Waals surface area (Å²) in [6.07, 6.45) is 4.97. The molecule has 2 rings (SSSR count). The van der Waals surface area contributed by atoms with E-state index in [2.05, 4.69) is 15.1 Å². The van der Waals surface area contributed by atoms with Gasteiger partial charge in [-0.05, 0) is 25.3 Å². The summed E-state index contributed by atoms with van der Waals surface area (Å²) in [6.45, 7) is 2.43. The van der Waals surface area contributed by atoms with Gasteiger partial charge in [0.15, 0.2) is 5.84 Å². The maximum absolute atomic E-state index is 8.62. The van der Waals surface area contributed by atoms with Crippen molar-refractivity contribution in [2.24, 2.45) is 16.8 Å². The van der Waals surface area contributed by atoms with Crippen LogP contribution in [0.4, 0.5) is 0 Å². The zero-order valence-corrected chi connectivity index (χ0v) is 10.5. The number of hydrogen-bond acceptors (Lipinski definition) is 5. The first-order chi connectivity index (χ1) is 8.69. The Hall–Kier alpha value is -1.85. The fourth-order valence-corrected chi connectivity index (χ4v) is 1.89. The van der Waals surface area contributed by atoms with Gasteiger partial charge in [0.25, 0.3) is 0 Å². The van der Waals surface area contributed by atoms with Crippen molar-refractivity contribution in [3.63, 3.8) is 0 Å². The normalized spacial score (nSPS) is 16.4. The first-order valence-corrected chi connectivity index (χ1v) is 6.15. The molecule has 1 fully saturated rings. The molecule has 1 aromatic heterocycles. The molecule has 0 saturated heterocycles. The minimum Gasteiger partial charge on any atom is -0.463 e. The first kappa shape index (κ1) is 12.6. The van der Waals surface area contributed by atoms with Crippen LogP contribution in [0, 0.1) is 12.8 Å². The molecule has 1 aliphatic rings. The van der Waals surface area contributed by atoms with Crippen LogP contribution in [0.25, 0.3) is 0 Å². The fraction of sp³-hybridized carbons (Fsp3) is 0.583. The monoisotopic (exact) mass is 250 g/mol. The number of oxime groups is 1. The van der Waals surface area contributed by atoms with Gasteiger partial charge >= 0.3 is 6.01 Å². The second kappa shape index (κ2) is 5.66. The number of hydrogen-bond donors (Lipinski definition) is 2. The summed E-state index contributed by atoms with van der Waals surface area (Å²) in [5.41, 5.74) is 6.60. The van der Waals surface area contributed by atoms with Crippen LogP contribution in [0.15, 0.2) is 11.2 Å². The van der Waals surface area contributed by atoms with Crippen molar-refractivity contribution in [2.75, 3.05) is 6.61 Å². The zero-order valence-electron chi connectivity index (χ0n) is 10.5. The van der Waals surface area contributed by atoms with E-state index in [4.69, 9.17) is 15.7 Å². The molecule has 0 aliphatic heterocycles. The molecule has 1 heterocycles. The summed E-state index contributed by atoms with van der Waals surface area (Å²) in [5.74, 6) is 0.752. The quantitative estimate of drug-likeness (QED) is 0.357. The van der Waals surface area contributed by atoms with E-state index in [9.17, 15) is 0 Å². The molecule has 6 heteroatoms. The zero-order chi connectivity index (χ0) is 13.0. The van der Waals surface area contributed by atoms with Crippen molar-refractivity contribution in [2.45, 2.75) is 32.6 Å². The molecule has 1 saturated carbocycles. The highest BCUT2D eigenvalue weighted by atomic mass is 16.5. The molecule has 0 bridgehead atoms. The maximum atomic E-state index is 8.62. The van der Waals surface area contributed by atoms with Crippen molar-refractivity contribution in [3.8, 4) is 6.01 Å². The van der Waals surface area contributed by atoms with E-state index < -0.39 is 0 Å². The van der Waals surface area contributed by atoms with Gasteiger partial charge in [-0.1, -0.05) is 24.4 Å². The highest BCUT2D eigenvalue weighted by Crippen LogP contribution is 2.29. The Bertz CT molecular complexity index is 444. The van der Waals surface area contributed by atoms with E-state index in [1.807, 2.05) is 6.92 Å². The molecule has 18 heavy (non-hydrogen) atoms. The predicted molar refractivity (Wildman–Crippen MR) is 66.7 cm³/mol. The Morgan fingerprint density at radius 3 is 2.94 bits per heavy atom. The number of nitrogens with zero attached hydrogens (tertiary/aromatic N) is 3. The van der Waals surface area contributed by atoms with Crippen LogP contribution in [0.1, 0.15) is 37.1 Å². The minimum absolute atomic E-state index is 0.0376. The van der Waals surface area contributed by atoms with Gasteiger partial charge in [0.2, 0.25) is 0 Å². The lowest BCUT2D eigenvalue weighted by Gasteiger charge is -2.24. The topological polar surface area (TPSA) is 93.6 Å². The number of rotatable bonds is 5. The number of aromatic nitrogens is 2. The van der Waals surface area contributed by atoms with Gasteiger partial charge in [0.1, 0.15) is 5.69 Å². The Morgan fingerprint density at radius 1 is 1.56 bits per heavy atom. The lowest BCUT2D eigenvalue weighted by molar-refractivity contribution is 0.211. The van der Waals surface area contributed by atoms with Gasteiger partial charge < -0.3 is 15.7 Å². The smallest absolute Gasteiger partial charge is 0.317 e. The van der Waals surface area contributed by atoms with E-state index in [0.29, 0.717) is 12.3 Å². The van der Waals surface area contributed by atoms with Crippen LogP contribution in [-0.2, 0) is 0 Å². The van der Waals surface area contributed by atoms with Crippen LogP contribution in [-0.4, -0.2) is 27.6 Å². The third-order valence-corrected chi connectivity index (χ3v) is 3.19. The average Bonchev–Trinajstić information content (AvgIpc) is 2.30. The van der Waals surface area contributed by atoms with Gasteiger partial charge in [-0.3, -0.25) is 0 Å². The SMILES string of the molecule is Cc1cc(/C(N)=N/O)nc(OCCC2CCC2)n1. The van der Waals surface area contributed by atoms with Crippen LogP contribution >= 0.6 is 0 Å². The van der Waals surface area contributed by atoms with Gasteiger partial charge in [0.05, 0.1) is 6.61 Å². The lowest BCUT2D eigenvalue weighted by atomic mass is 9.83. The largest absolute Gasteiger partial charge is 0.463 e. The maximum Gasteiger partial charge on any atom is 0.317 e. The van der Waals surface area contributed by atoms with Crippen molar-refractivity contribution in [1.29, 1.82) is 0 Å². The third-order valence-electron chi connectivity index (χ3n) is 3.19. The van der Waals surface area contributed by atoms with E-state index in [0.717, 1.165) is 18.0 Å². The Morgan fingerprint density at radius 2 is 2.33 bits per heavy atom. The third kappa shape index (κ3) is 3.09. The van der Waals surface area contributed by atoms with Crippen molar-refractivity contribution in [1.82, 2.24) is 9.97 Å². The molecule has 3 N–H and O–H groups in total. The predicted octanol–water partition coefficient (Wildman–Crippen LogP) is 1.45. The molecular formula is C12H18N4O2. The average molecular weight is 250 g/mol. The second-order valence-corrected chi connectivity index (χ2v) is 4.60. The molecule has 0 atom stereocenters. The Balaban J connectivity index is 1.96. The van der Waals surface area contributed by atoms with Crippen molar-refractivity contribution < 1.29 is 9.94 Å². The van der Waals surface area contributed by atoms with E-state index in [1.54, 1.807) is 6.07 Å². The van der Waals surface area contributed by atoms with E-state index >= 15 is 0 Å². The van der Waals surface area contributed by atoms with Crippen LogP contribution in [0.3, 0.4) is 0 Å². The molecule has 1 aromatic rings. The molecule has 0 spiro atoms. The summed E-state index contributed by atoms with van der Waals surface area (Å²) < 4.78 is 5.51. The molecule has 0 amide bonds. The van der Waals surface area contributed by atoms with Crippen LogP contribution in [0.2, 0.25) is 0 Å². The highest BCUT2D eigenvalue weighted by molar-refractivity contribution is 5.95. The Kier molecular flexibility index (Phi) is 3.96. The van der Waals surface area contributed by atoms with E-state index in [-0.39, 0.29) is 11.8 Å². The summed E-state index contributed by atoms with van der Waals surface area (Å²) in [6, 6.07) is 1.93. The number of ether oxygens (including phenoxy) is 1. The van der Waals surface area contributed by atoms with Gasteiger partial charge in [-0.15, -0.1) is 0 Å². The molecule has 0 aromatic carbocycles. The van der Waals surface area contributed by atoms with Gasteiger partial charge in [-0.25, -0.2) is 4.98 Å². The summed E-state index contributed by atoms with van der Waals surface area (Å²) in [4.78, 5) is 8.26. The second-order valence-electron chi connectivity index (χ2n) is 4.60. The molecule has 1 aliphatic carbocycles. The fourth-order valence-electron chi connectivity index (χ4n) is 1.89. The molecule has 0 radical (unpaired) electrons.